The maximum atomic E-state index is 13.0. The highest BCUT2D eigenvalue weighted by molar-refractivity contribution is 5.98. The van der Waals surface area contributed by atoms with E-state index in [2.05, 4.69) is 37.4 Å². The Hall–Kier alpha value is -4.10. The molecule has 0 saturated carbocycles. The van der Waals surface area contributed by atoms with Crippen LogP contribution < -0.4 is 5.32 Å². The Bertz CT molecular complexity index is 1430. The third-order valence-corrected chi connectivity index (χ3v) is 6.62. The number of alkyl halides is 3. The van der Waals surface area contributed by atoms with Crippen molar-refractivity contribution in [2.45, 2.75) is 32.5 Å². The van der Waals surface area contributed by atoms with Crippen molar-refractivity contribution >= 4 is 5.91 Å². The molecule has 0 aliphatic rings. The molecule has 0 unspecified atom stereocenters. The Balaban J connectivity index is 1.46. The molecule has 1 atom stereocenters. The summed E-state index contributed by atoms with van der Waals surface area (Å²) in [7, 11) is 0. The zero-order valence-corrected chi connectivity index (χ0v) is 21.0. The molecule has 0 radical (unpaired) electrons. The van der Waals surface area contributed by atoms with Gasteiger partial charge in [-0.15, -0.1) is 0 Å². The monoisotopic (exact) mass is 519 g/mol. The van der Waals surface area contributed by atoms with Gasteiger partial charge in [0, 0.05) is 0 Å². The van der Waals surface area contributed by atoms with Crippen molar-refractivity contribution in [1.82, 2.24) is 5.32 Å². The second kappa shape index (κ2) is 11.1. The van der Waals surface area contributed by atoms with Gasteiger partial charge in [-0.25, -0.2) is 0 Å². The number of carbonyl (C=O) groups excluding carboxylic acids is 1. The second-order valence-corrected chi connectivity index (χ2v) is 9.36. The van der Waals surface area contributed by atoms with Crippen LogP contribution in [-0.4, -0.2) is 28.8 Å². The number of nitrogens with one attached hydrogen (secondary N) is 1. The van der Waals surface area contributed by atoms with Crippen LogP contribution in [0.4, 0.5) is 13.2 Å². The number of hydrogen-bond acceptors (Lipinski definition) is 3. The number of amides is 1. The first-order chi connectivity index (χ1) is 18.0. The maximum absolute atomic E-state index is 13.0. The molecular formula is C31H28F3NO3. The maximum Gasteiger partial charge on any atom is 0.416 e. The topological polar surface area (TPSA) is 69.6 Å². The van der Waals surface area contributed by atoms with E-state index in [4.69, 9.17) is 0 Å². The SMILES string of the molecule is Cc1ccc(-c2ccc(C[C@H](CO)NC(=O)c3cc(-c4ccc(C(F)(F)F)cc4)ccc3O)cc2)cc1C. The summed E-state index contributed by atoms with van der Waals surface area (Å²) >= 11 is 0. The van der Waals surface area contributed by atoms with Crippen molar-refractivity contribution in [3.05, 3.63) is 113 Å². The van der Waals surface area contributed by atoms with E-state index in [1.165, 1.54) is 41.5 Å². The first-order valence-corrected chi connectivity index (χ1v) is 12.1. The van der Waals surface area contributed by atoms with Gasteiger partial charge in [0.05, 0.1) is 23.8 Å². The van der Waals surface area contributed by atoms with E-state index in [1.807, 2.05) is 24.3 Å². The fraction of sp³-hybridized carbons (Fsp3) is 0.194. The zero-order chi connectivity index (χ0) is 27.4. The predicted octanol–water partition coefficient (Wildman–Crippen LogP) is 6.70. The number of phenolic OH excluding ortho intramolecular Hbond substituents is 1. The molecule has 0 bridgehead atoms. The lowest BCUT2D eigenvalue weighted by molar-refractivity contribution is -0.137. The van der Waals surface area contributed by atoms with Gasteiger partial charge in [-0.05, 0) is 83.5 Å². The highest BCUT2D eigenvalue weighted by Gasteiger charge is 2.30. The van der Waals surface area contributed by atoms with Gasteiger partial charge in [-0.2, -0.15) is 13.2 Å². The van der Waals surface area contributed by atoms with Gasteiger partial charge in [0.25, 0.3) is 5.91 Å². The minimum atomic E-state index is -4.45. The van der Waals surface area contributed by atoms with Gasteiger partial charge in [0.2, 0.25) is 0 Å². The fourth-order valence-electron chi connectivity index (χ4n) is 4.21. The molecule has 196 valence electrons. The highest BCUT2D eigenvalue weighted by atomic mass is 19.4. The normalized spacial score (nSPS) is 12.3. The van der Waals surface area contributed by atoms with Crippen LogP contribution in [0.25, 0.3) is 22.3 Å². The largest absolute Gasteiger partial charge is 0.507 e. The Labute approximate surface area is 219 Å². The fourth-order valence-corrected chi connectivity index (χ4v) is 4.21. The van der Waals surface area contributed by atoms with Gasteiger partial charge in [-0.3, -0.25) is 4.79 Å². The van der Waals surface area contributed by atoms with Gasteiger partial charge < -0.3 is 15.5 Å². The second-order valence-electron chi connectivity index (χ2n) is 9.36. The summed E-state index contributed by atoms with van der Waals surface area (Å²) in [5, 5.41) is 22.9. The molecule has 7 heteroatoms. The summed E-state index contributed by atoms with van der Waals surface area (Å²) in [6, 6.07) is 22.4. The lowest BCUT2D eigenvalue weighted by Crippen LogP contribution is -2.39. The molecule has 0 fully saturated rings. The molecule has 0 aliphatic carbocycles. The lowest BCUT2D eigenvalue weighted by Gasteiger charge is -2.18. The van der Waals surface area contributed by atoms with Crippen LogP contribution in [-0.2, 0) is 12.6 Å². The summed E-state index contributed by atoms with van der Waals surface area (Å²) in [5.74, 6) is -0.866. The summed E-state index contributed by atoms with van der Waals surface area (Å²) in [6.45, 7) is 3.82. The van der Waals surface area contributed by atoms with E-state index >= 15 is 0 Å². The summed E-state index contributed by atoms with van der Waals surface area (Å²) in [5.41, 5.74) is 5.65. The van der Waals surface area contributed by atoms with Crippen molar-refractivity contribution in [3.63, 3.8) is 0 Å². The van der Waals surface area contributed by atoms with Crippen LogP contribution in [0, 0.1) is 13.8 Å². The van der Waals surface area contributed by atoms with E-state index in [0.29, 0.717) is 17.5 Å². The first kappa shape index (κ1) is 26.9. The molecule has 4 nitrogen and oxygen atoms in total. The number of rotatable bonds is 7. The third-order valence-electron chi connectivity index (χ3n) is 6.62. The van der Waals surface area contributed by atoms with Crippen LogP contribution in [0.1, 0.15) is 32.6 Å². The quantitative estimate of drug-likeness (QED) is 0.255. The smallest absolute Gasteiger partial charge is 0.416 e. The summed E-state index contributed by atoms with van der Waals surface area (Å²) in [4.78, 5) is 13.0. The summed E-state index contributed by atoms with van der Waals surface area (Å²) < 4.78 is 38.6. The number of phenols is 1. The van der Waals surface area contributed by atoms with Crippen LogP contribution in [0.2, 0.25) is 0 Å². The Morgan fingerprint density at radius 2 is 1.34 bits per heavy atom. The van der Waals surface area contributed by atoms with E-state index in [0.717, 1.165) is 28.8 Å². The minimum Gasteiger partial charge on any atom is -0.507 e. The van der Waals surface area contributed by atoms with Crippen LogP contribution in [0.5, 0.6) is 5.75 Å². The number of halogens is 3. The van der Waals surface area contributed by atoms with Gasteiger partial charge in [0.15, 0.2) is 0 Å². The number of carbonyl (C=O) groups is 1. The minimum absolute atomic E-state index is 0.0362. The molecule has 0 saturated heterocycles. The van der Waals surface area contributed by atoms with E-state index in [1.54, 1.807) is 0 Å². The molecule has 4 rings (SSSR count). The Kier molecular flexibility index (Phi) is 7.88. The number of aliphatic hydroxyl groups excluding tert-OH is 1. The molecule has 4 aromatic carbocycles. The van der Waals surface area contributed by atoms with Crippen molar-refractivity contribution < 1.29 is 28.2 Å². The number of hydrogen-bond donors (Lipinski definition) is 3. The molecule has 0 spiro atoms. The molecule has 0 aromatic heterocycles. The molecule has 1 amide bonds. The Morgan fingerprint density at radius 1 is 0.789 bits per heavy atom. The molecule has 38 heavy (non-hydrogen) atoms. The summed E-state index contributed by atoms with van der Waals surface area (Å²) in [6.07, 6.45) is -4.08. The average Bonchev–Trinajstić information content (AvgIpc) is 2.90. The molecule has 0 aliphatic heterocycles. The van der Waals surface area contributed by atoms with Crippen LogP contribution in [0.3, 0.4) is 0 Å². The van der Waals surface area contributed by atoms with Crippen LogP contribution >= 0.6 is 0 Å². The van der Waals surface area contributed by atoms with Crippen LogP contribution in [0.15, 0.2) is 84.9 Å². The zero-order valence-electron chi connectivity index (χ0n) is 21.0. The molecule has 0 heterocycles. The average molecular weight is 520 g/mol. The van der Waals surface area contributed by atoms with Gasteiger partial charge >= 0.3 is 6.18 Å². The highest BCUT2D eigenvalue weighted by Crippen LogP contribution is 2.32. The Morgan fingerprint density at radius 3 is 1.92 bits per heavy atom. The number of aliphatic hydroxyl groups is 1. The molecule has 4 aromatic rings. The first-order valence-electron chi connectivity index (χ1n) is 12.1. The predicted molar refractivity (Wildman–Crippen MR) is 142 cm³/mol. The third kappa shape index (κ3) is 6.23. The van der Waals surface area contributed by atoms with Gasteiger partial charge in [-0.1, -0.05) is 60.7 Å². The van der Waals surface area contributed by atoms with Crippen molar-refractivity contribution in [2.24, 2.45) is 0 Å². The number of aromatic hydroxyl groups is 1. The number of aryl methyl sites for hydroxylation is 2. The van der Waals surface area contributed by atoms with Crippen molar-refractivity contribution in [2.75, 3.05) is 6.61 Å². The van der Waals surface area contributed by atoms with Gasteiger partial charge in [0.1, 0.15) is 5.75 Å². The lowest BCUT2D eigenvalue weighted by atomic mass is 9.98. The van der Waals surface area contributed by atoms with E-state index < -0.39 is 23.7 Å². The molecule has 3 N–H and O–H groups in total. The van der Waals surface area contributed by atoms with Crippen molar-refractivity contribution in [3.8, 4) is 28.0 Å². The standard InChI is InChI=1S/C31H28F3NO3/c1-19-3-6-24(15-20(19)2)22-7-4-21(5-8-22)16-27(18-36)35-30(38)28-17-25(11-14-29(28)37)23-9-12-26(13-10-23)31(32,33)34/h3-15,17,27,36-37H,16,18H2,1-2H3,(H,35,38)/t27-/m1/s1. The molecular weight excluding hydrogens is 491 g/mol. The van der Waals surface area contributed by atoms with E-state index in [-0.39, 0.29) is 17.9 Å². The number of benzene rings is 4. The van der Waals surface area contributed by atoms with E-state index in [9.17, 15) is 28.2 Å². The van der Waals surface area contributed by atoms with Crippen molar-refractivity contribution in [1.29, 1.82) is 0 Å².